The van der Waals surface area contributed by atoms with Crippen LogP contribution in [0.3, 0.4) is 0 Å². The molecule has 0 saturated heterocycles. The molecule has 92 valence electrons. The van der Waals surface area contributed by atoms with Crippen LogP contribution in [0.4, 0.5) is 5.69 Å². The Bertz CT molecular complexity index is 608. The Labute approximate surface area is 105 Å². The predicted molar refractivity (Wildman–Crippen MR) is 72.2 cm³/mol. The first-order chi connectivity index (χ1) is 8.65. The fourth-order valence-electron chi connectivity index (χ4n) is 1.98. The number of carbonyl (C=O) groups is 1. The first-order valence-electron chi connectivity index (χ1n) is 5.58. The van der Waals surface area contributed by atoms with E-state index in [1.807, 2.05) is 36.2 Å². The molecule has 4 heteroatoms. The number of para-hydroxylation sites is 1. The van der Waals surface area contributed by atoms with Crippen molar-refractivity contribution < 1.29 is 9.90 Å². The highest BCUT2D eigenvalue weighted by atomic mass is 16.4. The summed E-state index contributed by atoms with van der Waals surface area (Å²) in [5, 5.41) is 10.1. The van der Waals surface area contributed by atoms with Gasteiger partial charge in [0.05, 0.1) is 11.2 Å². The van der Waals surface area contributed by atoms with Gasteiger partial charge in [0, 0.05) is 25.2 Å². The molecule has 2 aromatic rings. The molecule has 1 aromatic carbocycles. The van der Waals surface area contributed by atoms with Crippen molar-refractivity contribution in [3.8, 4) is 0 Å². The lowest BCUT2D eigenvalue weighted by Gasteiger charge is -2.21. The molecule has 0 radical (unpaired) electrons. The summed E-state index contributed by atoms with van der Waals surface area (Å²) in [6.45, 7) is 4.25. The average molecular weight is 242 g/mol. The normalized spacial score (nSPS) is 10.3. The molecule has 0 bridgehead atoms. The minimum absolute atomic E-state index is 0.207. The van der Waals surface area contributed by atoms with E-state index in [4.69, 9.17) is 0 Å². The second kappa shape index (κ2) is 4.87. The van der Waals surface area contributed by atoms with E-state index in [9.17, 15) is 9.90 Å². The van der Waals surface area contributed by atoms with E-state index in [2.05, 4.69) is 11.6 Å². The van der Waals surface area contributed by atoms with E-state index in [1.165, 1.54) is 6.20 Å². The van der Waals surface area contributed by atoms with Gasteiger partial charge in [-0.2, -0.15) is 0 Å². The van der Waals surface area contributed by atoms with Crippen LogP contribution in [0.25, 0.3) is 10.9 Å². The number of aromatic carboxylic acids is 1. The SMILES string of the molecule is C=CCN(C)c1c(C(=O)O)cnc2ccccc12. The Hall–Kier alpha value is -2.36. The molecular weight excluding hydrogens is 228 g/mol. The van der Waals surface area contributed by atoms with E-state index in [0.29, 0.717) is 12.2 Å². The molecule has 4 nitrogen and oxygen atoms in total. The van der Waals surface area contributed by atoms with Crippen molar-refractivity contribution in [2.45, 2.75) is 0 Å². The largest absolute Gasteiger partial charge is 0.478 e. The van der Waals surface area contributed by atoms with Gasteiger partial charge >= 0.3 is 5.97 Å². The first kappa shape index (κ1) is 12.1. The number of carboxylic acids is 1. The number of carboxylic acid groups (broad SMARTS) is 1. The molecule has 18 heavy (non-hydrogen) atoms. The van der Waals surface area contributed by atoms with Crippen molar-refractivity contribution in [2.24, 2.45) is 0 Å². The summed E-state index contributed by atoms with van der Waals surface area (Å²) in [6.07, 6.45) is 3.14. The topological polar surface area (TPSA) is 53.4 Å². The van der Waals surface area contributed by atoms with Gasteiger partial charge in [0.2, 0.25) is 0 Å². The molecule has 2 rings (SSSR count). The molecular formula is C14H14N2O2. The second-order valence-corrected chi connectivity index (χ2v) is 4.01. The Morgan fingerprint density at radius 3 is 2.89 bits per heavy atom. The van der Waals surface area contributed by atoms with Crippen LogP contribution < -0.4 is 4.90 Å². The maximum atomic E-state index is 11.3. The third-order valence-corrected chi connectivity index (χ3v) is 2.76. The minimum atomic E-state index is -0.973. The molecule has 0 saturated carbocycles. The number of nitrogens with zero attached hydrogens (tertiary/aromatic N) is 2. The van der Waals surface area contributed by atoms with Gasteiger partial charge in [-0.25, -0.2) is 4.79 Å². The van der Waals surface area contributed by atoms with E-state index >= 15 is 0 Å². The highest BCUT2D eigenvalue weighted by molar-refractivity contribution is 6.04. The molecule has 0 aliphatic carbocycles. The maximum Gasteiger partial charge on any atom is 0.339 e. The molecule has 0 spiro atoms. The van der Waals surface area contributed by atoms with Crippen LogP contribution in [0.5, 0.6) is 0 Å². The second-order valence-electron chi connectivity index (χ2n) is 4.01. The molecule has 1 aromatic heterocycles. The highest BCUT2D eigenvalue weighted by Crippen LogP contribution is 2.28. The third kappa shape index (κ3) is 2.05. The van der Waals surface area contributed by atoms with Gasteiger partial charge in [0.15, 0.2) is 0 Å². The highest BCUT2D eigenvalue weighted by Gasteiger charge is 2.16. The van der Waals surface area contributed by atoms with Gasteiger partial charge in [0.25, 0.3) is 0 Å². The lowest BCUT2D eigenvalue weighted by molar-refractivity contribution is 0.0697. The Kier molecular flexibility index (Phi) is 3.28. The summed E-state index contributed by atoms with van der Waals surface area (Å²) in [7, 11) is 1.84. The van der Waals surface area contributed by atoms with Gasteiger partial charge < -0.3 is 10.0 Å². The molecule has 0 unspecified atom stereocenters. The van der Waals surface area contributed by atoms with Crippen LogP contribution in [-0.4, -0.2) is 29.7 Å². The van der Waals surface area contributed by atoms with Gasteiger partial charge in [-0.15, -0.1) is 6.58 Å². The van der Waals surface area contributed by atoms with Crippen LogP contribution in [0.15, 0.2) is 43.1 Å². The van der Waals surface area contributed by atoms with Gasteiger partial charge in [0.1, 0.15) is 5.56 Å². The summed E-state index contributed by atoms with van der Waals surface area (Å²) in [6, 6.07) is 7.50. The molecule has 0 aliphatic rings. The van der Waals surface area contributed by atoms with Gasteiger partial charge in [-0.05, 0) is 6.07 Å². The van der Waals surface area contributed by atoms with E-state index in [-0.39, 0.29) is 5.56 Å². The standard InChI is InChI=1S/C14H14N2O2/c1-3-8-16(2)13-10-6-4-5-7-12(10)15-9-11(13)14(17)18/h3-7,9H,1,8H2,2H3,(H,17,18). The number of fused-ring (bicyclic) bond motifs is 1. The van der Waals surface area contributed by atoms with Crippen molar-refractivity contribution in [3.05, 3.63) is 48.7 Å². The fraction of sp³-hybridized carbons (Fsp3) is 0.143. The quantitative estimate of drug-likeness (QED) is 0.837. The van der Waals surface area contributed by atoms with E-state index in [1.54, 1.807) is 6.08 Å². The number of rotatable bonds is 4. The molecule has 1 heterocycles. The Morgan fingerprint density at radius 2 is 2.22 bits per heavy atom. The van der Waals surface area contributed by atoms with Crippen molar-refractivity contribution in [3.63, 3.8) is 0 Å². The molecule has 0 aliphatic heterocycles. The summed E-state index contributed by atoms with van der Waals surface area (Å²) >= 11 is 0. The van der Waals surface area contributed by atoms with Crippen LogP contribution >= 0.6 is 0 Å². The van der Waals surface area contributed by atoms with Crippen LogP contribution in [0, 0.1) is 0 Å². The number of hydrogen-bond acceptors (Lipinski definition) is 3. The van der Waals surface area contributed by atoms with Crippen molar-refractivity contribution in [1.82, 2.24) is 4.98 Å². The number of hydrogen-bond donors (Lipinski definition) is 1. The third-order valence-electron chi connectivity index (χ3n) is 2.76. The van der Waals surface area contributed by atoms with Crippen molar-refractivity contribution >= 4 is 22.6 Å². The fourth-order valence-corrected chi connectivity index (χ4v) is 1.98. The number of anilines is 1. The minimum Gasteiger partial charge on any atom is -0.478 e. The van der Waals surface area contributed by atoms with Gasteiger partial charge in [-0.1, -0.05) is 24.3 Å². The summed E-state index contributed by atoms with van der Waals surface area (Å²) in [4.78, 5) is 17.3. The summed E-state index contributed by atoms with van der Waals surface area (Å²) in [5.41, 5.74) is 1.67. The Balaban J connectivity index is 2.73. The maximum absolute atomic E-state index is 11.3. The van der Waals surface area contributed by atoms with Crippen LogP contribution in [0.2, 0.25) is 0 Å². The number of likely N-dealkylation sites (N-methyl/N-ethyl adjacent to an activating group) is 1. The summed E-state index contributed by atoms with van der Waals surface area (Å²) in [5.74, 6) is -0.973. The number of aromatic nitrogens is 1. The molecule has 1 N–H and O–H groups in total. The zero-order chi connectivity index (χ0) is 13.1. The smallest absolute Gasteiger partial charge is 0.339 e. The van der Waals surface area contributed by atoms with E-state index in [0.717, 1.165) is 10.9 Å². The lowest BCUT2D eigenvalue weighted by atomic mass is 10.1. The Morgan fingerprint density at radius 1 is 1.50 bits per heavy atom. The van der Waals surface area contributed by atoms with Crippen molar-refractivity contribution in [2.75, 3.05) is 18.5 Å². The average Bonchev–Trinajstić information content (AvgIpc) is 2.37. The van der Waals surface area contributed by atoms with E-state index < -0.39 is 5.97 Å². The van der Waals surface area contributed by atoms with Crippen LogP contribution in [-0.2, 0) is 0 Å². The zero-order valence-corrected chi connectivity index (χ0v) is 10.1. The number of pyridine rings is 1. The summed E-state index contributed by atoms with van der Waals surface area (Å²) < 4.78 is 0. The van der Waals surface area contributed by atoms with Crippen LogP contribution in [0.1, 0.15) is 10.4 Å². The zero-order valence-electron chi connectivity index (χ0n) is 10.1. The monoisotopic (exact) mass is 242 g/mol. The lowest BCUT2D eigenvalue weighted by Crippen LogP contribution is -2.20. The predicted octanol–water partition coefficient (Wildman–Crippen LogP) is 2.56. The molecule has 0 fully saturated rings. The van der Waals surface area contributed by atoms with Gasteiger partial charge in [-0.3, -0.25) is 4.98 Å². The first-order valence-corrected chi connectivity index (χ1v) is 5.58. The van der Waals surface area contributed by atoms with Crippen molar-refractivity contribution in [1.29, 1.82) is 0 Å². The number of benzene rings is 1. The molecule has 0 amide bonds. The molecule has 0 atom stereocenters.